The zero-order valence-corrected chi connectivity index (χ0v) is 13.3. The lowest BCUT2D eigenvalue weighted by atomic mass is 10.2. The molecule has 0 aliphatic rings. The van der Waals surface area contributed by atoms with Crippen LogP contribution in [0.25, 0.3) is 0 Å². The molecule has 2 rings (SSSR count). The van der Waals surface area contributed by atoms with Crippen molar-refractivity contribution in [1.82, 2.24) is 0 Å². The van der Waals surface area contributed by atoms with E-state index in [1.165, 1.54) is 14.2 Å². The molecule has 0 aromatic carbocycles. The first-order valence-corrected chi connectivity index (χ1v) is 7.54. The lowest BCUT2D eigenvalue weighted by molar-refractivity contribution is 0.538. The first-order valence-electron chi connectivity index (χ1n) is 4.22. The molecule has 0 saturated carbocycles. The Morgan fingerprint density at radius 3 is 2.60 bits per heavy atom. The van der Waals surface area contributed by atoms with Crippen LogP contribution in [0.5, 0.6) is 0 Å². The molecule has 2 heterocycles. The minimum atomic E-state index is 0.181. The van der Waals surface area contributed by atoms with Crippen molar-refractivity contribution in [2.75, 3.05) is 0 Å². The SMILES string of the molecule is Cc1cc(C(Br)c2ccoc2Br)sc1Br. The smallest absolute Gasteiger partial charge is 0.173 e. The molecular weight excluding hydrogens is 408 g/mol. The average molecular weight is 415 g/mol. The minimum Gasteiger partial charge on any atom is -0.457 e. The molecule has 2 aromatic rings. The number of rotatable bonds is 2. The molecule has 5 heteroatoms. The monoisotopic (exact) mass is 412 g/mol. The number of furan rings is 1. The van der Waals surface area contributed by atoms with E-state index in [1.54, 1.807) is 17.6 Å². The second kappa shape index (κ2) is 4.73. The summed E-state index contributed by atoms with van der Waals surface area (Å²) in [6.07, 6.45) is 1.68. The van der Waals surface area contributed by atoms with Gasteiger partial charge in [-0.2, -0.15) is 0 Å². The van der Waals surface area contributed by atoms with Crippen LogP contribution in [0.1, 0.15) is 20.8 Å². The van der Waals surface area contributed by atoms with Crippen LogP contribution in [0.2, 0.25) is 0 Å². The first-order chi connectivity index (χ1) is 7.09. The van der Waals surface area contributed by atoms with E-state index in [1.807, 2.05) is 6.07 Å². The fourth-order valence-corrected chi connectivity index (χ4v) is 4.36. The molecular formula is C10H7Br3OS. The van der Waals surface area contributed by atoms with E-state index in [-0.39, 0.29) is 4.83 Å². The number of hydrogen-bond acceptors (Lipinski definition) is 2. The molecule has 1 unspecified atom stereocenters. The molecule has 80 valence electrons. The Labute approximate surface area is 117 Å². The van der Waals surface area contributed by atoms with Gasteiger partial charge < -0.3 is 4.42 Å². The molecule has 0 spiro atoms. The molecule has 1 atom stereocenters. The van der Waals surface area contributed by atoms with Gasteiger partial charge >= 0.3 is 0 Å². The van der Waals surface area contributed by atoms with E-state index < -0.39 is 0 Å². The minimum absolute atomic E-state index is 0.181. The van der Waals surface area contributed by atoms with E-state index in [4.69, 9.17) is 4.42 Å². The molecule has 0 radical (unpaired) electrons. The summed E-state index contributed by atoms with van der Waals surface area (Å²) in [7, 11) is 0. The van der Waals surface area contributed by atoms with E-state index in [9.17, 15) is 0 Å². The lowest BCUT2D eigenvalue weighted by Gasteiger charge is -2.04. The summed E-state index contributed by atoms with van der Waals surface area (Å²) in [6, 6.07) is 4.14. The van der Waals surface area contributed by atoms with Gasteiger partial charge in [-0.3, -0.25) is 0 Å². The van der Waals surface area contributed by atoms with Crippen LogP contribution in [-0.2, 0) is 0 Å². The Morgan fingerprint density at radius 2 is 2.13 bits per heavy atom. The predicted molar refractivity (Wildman–Crippen MR) is 73.9 cm³/mol. The van der Waals surface area contributed by atoms with Crippen LogP contribution in [0, 0.1) is 6.92 Å². The second-order valence-electron chi connectivity index (χ2n) is 3.12. The van der Waals surface area contributed by atoms with Crippen molar-refractivity contribution in [2.24, 2.45) is 0 Å². The number of halogens is 3. The number of thiophene rings is 1. The van der Waals surface area contributed by atoms with Gasteiger partial charge in [0.2, 0.25) is 0 Å². The maximum Gasteiger partial charge on any atom is 0.173 e. The number of hydrogen-bond donors (Lipinski definition) is 0. The Balaban J connectivity index is 2.36. The van der Waals surface area contributed by atoms with Gasteiger partial charge in [-0.1, -0.05) is 15.9 Å². The molecule has 15 heavy (non-hydrogen) atoms. The third kappa shape index (κ3) is 2.40. The van der Waals surface area contributed by atoms with Crippen molar-refractivity contribution < 1.29 is 4.42 Å². The molecule has 0 N–H and O–H groups in total. The van der Waals surface area contributed by atoms with Crippen molar-refractivity contribution in [3.8, 4) is 0 Å². The summed E-state index contributed by atoms with van der Waals surface area (Å²) in [5, 5.41) is 0. The van der Waals surface area contributed by atoms with E-state index in [0.29, 0.717) is 0 Å². The van der Waals surface area contributed by atoms with Crippen LogP contribution in [0.3, 0.4) is 0 Å². The fourth-order valence-electron chi connectivity index (χ4n) is 1.25. The molecule has 2 aromatic heterocycles. The Morgan fingerprint density at radius 1 is 1.40 bits per heavy atom. The molecule has 0 amide bonds. The third-order valence-corrected chi connectivity index (χ3v) is 6.18. The first kappa shape index (κ1) is 11.9. The van der Waals surface area contributed by atoms with Crippen molar-refractivity contribution in [3.05, 3.63) is 42.9 Å². The maximum atomic E-state index is 5.22. The summed E-state index contributed by atoms with van der Waals surface area (Å²) in [6.45, 7) is 2.09. The normalized spacial score (nSPS) is 13.1. The molecule has 0 fully saturated rings. The van der Waals surface area contributed by atoms with E-state index in [2.05, 4.69) is 60.8 Å². The van der Waals surface area contributed by atoms with Crippen molar-refractivity contribution in [3.63, 3.8) is 0 Å². The van der Waals surface area contributed by atoms with Gasteiger partial charge in [-0.25, -0.2) is 0 Å². The standard InChI is InChI=1S/C10H7Br3OS/c1-5-4-7(15-10(5)13)8(11)6-2-3-14-9(6)12/h2-4,8H,1H3. The largest absolute Gasteiger partial charge is 0.457 e. The van der Waals surface area contributed by atoms with E-state index in [0.717, 1.165) is 10.2 Å². The topological polar surface area (TPSA) is 13.1 Å². The molecule has 0 saturated heterocycles. The van der Waals surface area contributed by atoms with Gasteiger partial charge in [0.05, 0.1) is 14.9 Å². The molecule has 1 nitrogen and oxygen atoms in total. The average Bonchev–Trinajstić information content (AvgIpc) is 2.74. The molecule has 0 aliphatic heterocycles. The van der Waals surface area contributed by atoms with Gasteiger partial charge in [0, 0.05) is 10.4 Å². The Hall–Kier alpha value is 0.420. The van der Waals surface area contributed by atoms with Crippen molar-refractivity contribution in [2.45, 2.75) is 11.8 Å². The van der Waals surface area contributed by atoms with Gasteiger partial charge in [0.25, 0.3) is 0 Å². The number of alkyl halides is 1. The van der Waals surface area contributed by atoms with Crippen LogP contribution in [-0.4, -0.2) is 0 Å². The highest BCUT2D eigenvalue weighted by atomic mass is 79.9. The van der Waals surface area contributed by atoms with Crippen molar-refractivity contribution >= 4 is 59.1 Å². The van der Waals surface area contributed by atoms with Crippen LogP contribution < -0.4 is 0 Å². The Bertz CT molecular complexity index is 455. The number of aryl methyl sites for hydroxylation is 1. The summed E-state index contributed by atoms with van der Waals surface area (Å²) in [5.74, 6) is 0. The van der Waals surface area contributed by atoms with Gasteiger partial charge in [-0.15, -0.1) is 11.3 Å². The van der Waals surface area contributed by atoms with Crippen LogP contribution in [0.15, 0.2) is 31.3 Å². The second-order valence-corrected chi connectivity index (χ2v) is 7.16. The summed E-state index contributed by atoms with van der Waals surface area (Å²) < 4.78 is 7.19. The third-order valence-electron chi connectivity index (χ3n) is 2.05. The molecule has 0 aliphatic carbocycles. The summed E-state index contributed by atoms with van der Waals surface area (Å²) >= 11 is 12.3. The highest BCUT2D eigenvalue weighted by Gasteiger charge is 2.18. The zero-order chi connectivity index (χ0) is 11.0. The quantitative estimate of drug-likeness (QED) is 0.578. The lowest BCUT2D eigenvalue weighted by Crippen LogP contribution is -1.87. The van der Waals surface area contributed by atoms with Gasteiger partial charge in [-0.05, 0) is 56.5 Å². The van der Waals surface area contributed by atoms with Crippen LogP contribution in [0.4, 0.5) is 0 Å². The van der Waals surface area contributed by atoms with Crippen molar-refractivity contribution in [1.29, 1.82) is 0 Å². The summed E-state index contributed by atoms with van der Waals surface area (Å²) in [5.41, 5.74) is 2.38. The highest BCUT2D eigenvalue weighted by Crippen LogP contribution is 2.41. The Kier molecular flexibility index (Phi) is 3.75. The van der Waals surface area contributed by atoms with Gasteiger partial charge in [0.1, 0.15) is 0 Å². The maximum absolute atomic E-state index is 5.22. The van der Waals surface area contributed by atoms with E-state index >= 15 is 0 Å². The zero-order valence-electron chi connectivity index (χ0n) is 7.76. The fraction of sp³-hybridized carbons (Fsp3) is 0.200. The molecule has 0 bridgehead atoms. The van der Waals surface area contributed by atoms with Crippen LogP contribution >= 0.6 is 59.1 Å². The predicted octanol–water partition coefficient (Wildman–Crippen LogP) is 5.66. The van der Waals surface area contributed by atoms with Gasteiger partial charge in [0.15, 0.2) is 4.67 Å². The summed E-state index contributed by atoms with van der Waals surface area (Å²) in [4.78, 5) is 1.45. The highest BCUT2D eigenvalue weighted by molar-refractivity contribution is 9.11.